The van der Waals surface area contributed by atoms with Crippen molar-refractivity contribution in [3.05, 3.63) is 35.4 Å². The predicted molar refractivity (Wildman–Crippen MR) is 65.2 cm³/mol. The number of aliphatic hydroxyl groups excluding tert-OH is 1. The molecule has 1 aromatic carbocycles. The highest BCUT2D eigenvalue weighted by Crippen LogP contribution is 2.29. The molecular weight excluding hydrogens is 241 g/mol. The molecule has 1 atom stereocenters. The number of halogens is 3. The van der Waals surface area contributed by atoms with Gasteiger partial charge < -0.3 is 5.11 Å². The minimum Gasteiger partial charge on any atom is -0.393 e. The number of alkyl halides is 3. The van der Waals surface area contributed by atoms with Gasteiger partial charge in [0.15, 0.2) is 0 Å². The van der Waals surface area contributed by atoms with Crippen molar-refractivity contribution in [1.82, 2.24) is 0 Å². The zero-order valence-electron chi connectivity index (χ0n) is 10.7. The van der Waals surface area contributed by atoms with E-state index in [0.29, 0.717) is 24.8 Å². The molecule has 1 unspecified atom stereocenters. The van der Waals surface area contributed by atoms with Gasteiger partial charge in [0.2, 0.25) is 0 Å². The first-order valence-corrected chi connectivity index (χ1v) is 6.15. The Hall–Kier alpha value is -1.03. The first kappa shape index (κ1) is 15.0. The largest absolute Gasteiger partial charge is 0.416 e. The van der Waals surface area contributed by atoms with E-state index in [4.69, 9.17) is 0 Å². The smallest absolute Gasteiger partial charge is 0.393 e. The molecule has 4 heteroatoms. The van der Waals surface area contributed by atoms with Crippen LogP contribution in [0.2, 0.25) is 0 Å². The first-order valence-electron chi connectivity index (χ1n) is 6.15. The highest BCUT2D eigenvalue weighted by molar-refractivity contribution is 5.25. The molecule has 18 heavy (non-hydrogen) atoms. The summed E-state index contributed by atoms with van der Waals surface area (Å²) >= 11 is 0. The maximum atomic E-state index is 12.5. The highest BCUT2D eigenvalue weighted by Gasteiger charge is 2.30. The van der Waals surface area contributed by atoms with Gasteiger partial charge >= 0.3 is 6.18 Å². The number of rotatable bonds is 5. The number of hydrogen-bond acceptors (Lipinski definition) is 1. The quantitative estimate of drug-likeness (QED) is 0.847. The number of aliphatic hydroxyl groups is 1. The summed E-state index contributed by atoms with van der Waals surface area (Å²) in [4.78, 5) is 0. The van der Waals surface area contributed by atoms with Crippen LogP contribution in [0.4, 0.5) is 13.2 Å². The average Bonchev–Trinajstić information content (AvgIpc) is 2.28. The molecule has 0 aliphatic rings. The third-order valence-electron chi connectivity index (χ3n) is 2.99. The summed E-state index contributed by atoms with van der Waals surface area (Å²) in [7, 11) is 0. The van der Waals surface area contributed by atoms with Crippen molar-refractivity contribution in [2.24, 2.45) is 5.92 Å². The highest BCUT2D eigenvalue weighted by atomic mass is 19.4. The Morgan fingerprint density at radius 1 is 1.22 bits per heavy atom. The molecule has 0 radical (unpaired) electrons. The van der Waals surface area contributed by atoms with Crippen molar-refractivity contribution in [1.29, 1.82) is 0 Å². The van der Waals surface area contributed by atoms with Crippen molar-refractivity contribution in [2.75, 3.05) is 0 Å². The normalized spacial score (nSPS) is 13.9. The topological polar surface area (TPSA) is 20.2 Å². The standard InChI is InChI=1S/C14H19F3O/c1-10(2)13(18)8-4-6-11-5-3-7-12(9-11)14(15,16)17/h3,5,7,9-10,13,18H,4,6,8H2,1-2H3. The molecule has 1 nitrogen and oxygen atoms in total. The van der Waals surface area contributed by atoms with Gasteiger partial charge in [0.25, 0.3) is 0 Å². The molecule has 0 saturated heterocycles. The maximum Gasteiger partial charge on any atom is 0.416 e. The minimum absolute atomic E-state index is 0.187. The molecule has 1 aromatic rings. The molecule has 0 aliphatic heterocycles. The maximum absolute atomic E-state index is 12.5. The summed E-state index contributed by atoms with van der Waals surface area (Å²) in [5.74, 6) is 0.187. The summed E-state index contributed by atoms with van der Waals surface area (Å²) in [6.07, 6.45) is -2.79. The second kappa shape index (κ2) is 6.23. The van der Waals surface area contributed by atoms with Crippen LogP contribution in [0.15, 0.2) is 24.3 Å². The lowest BCUT2D eigenvalue weighted by molar-refractivity contribution is -0.137. The first-order chi connectivity index (χ1) is 8.30. The summed E-state index contributed by atoms with van der Waals surface area (Å²) in [6.45, 7) is 3.85. The molecule has 1 rings (SSSR count). The van der Waals surface area contributed by atoms with Crippen molar-refractivity contribution in [2.45, 2.75) is 45.4 Å². The number of aryl methyl sites for hydroxylation is 1. The Morgan fingerprint density at radius 3 is 2.44 bits per heavy atom. The molecule has 0 aromatic heterocycles. The summed E-state index contributed by atoms with van der Waals surface area (Å²) in [5, 5.41) is 9.61. The molecule has 0 amide bonds. The van der Waals surface area contributed by atoms with Crippen molar-refractivity contribution in [3.8, 4) is 0 Å². The van der Waals surface area contributed by atoms with E-state index in [0.717, 1.165) is 6.07 Å². The second-order valence-corrected chi connectivity index (χ2v) is 4.90. The van der Waals surface area contributed by atoms with Crippen molar-refractivity contribution < 1.29 is 18.3 Å². The second-order valence-electron chi connectivity index (χ2n) is 4.90. The lowest BCUT2D eigenvalue weighted by Crippen LogP contribution is -2.14. The van der Waals surface area contributed by atoms with E-state index in [1.54, 1.807) is 6.07 Å². The van der Waals surface area contributed by atoms with Gasteiger partial charge in [-0.2, -0.15) is 13.2 Å². The molecule has 0 spiro atoms. The fraction of sp³-hybridized carbons (Fsp3) is 0.571. The summed E-state index contributed by atoms with van der Waals surface area (Å²) < 4.78 is 37.5. The summed E-state index contributed by atoms with van der Waals surface area (Å²) in [6, 6.07) is 5.38. The fourth-order valence-electron chi connectivity index (χ4n) is 1.75. The molecule has 1 N–H and O–H groups in total. The molecular formula is C14H19F3O. The molecule has 0 fully saturated rings. The van der Waals surface area contributed by atoms with Gasteiger partial charge in [-0.05, 0) is 36.8 Å². The van der Waals surface area contributed by atoms with E-state index in [1.807, 2.05) is 13.8 Å². The van der Waals surface area contributed by atoms with E-state index >= 15 is 0 Å². The number of hydrogen-bond donors (Lipinski definition) is 1. The SMILES string of the molecule is CC(C)C(O)CCCc1cccc(C(F)(F)F)c1. The fourth-order valence-corrected chi connectivity index (χ4v) is 1.75. The van der Waals surface area contributed by atoms with Crippen LogP contribution in [-0.2, 0) is 12.6 Å². The molecule has 0 heterocycles. The van der Waals surface area contributed by atoms with Crippen LogP contribution in [0.1, 0.15) is 37.8 Å². The Kier molecular flexibility index (Phi) is 5.20. The van der Waals surface area contributed by atoms with E-state index in [-0.39, 0.29) is 12.0 Å². The van der Waals surface area contributed by atoms with Crippen LogP contribution < -0.4 is 0 Å². The van der Waals surface area contributed by atoms with E-state index in [9.17, 15) is 18.3 Å². The van der Waals surface area contributed by atoms with Crippen LogP contribution in [0.25, 0.3) is 0 Å². The summed E-state index contributed by atoms with van der Waals surface area (Å²) in [5.41, 5.74) is 0.0604. The third-order valence-corrected chi connectivity index (χ3v) is 2.99. The lowest BCUT2D eigenvalue weighted by Gasteiger charge is -2.14. The Labute approximate surface area is 106 Å². The Bertz CT molecular complexity index is 372. The molecule has 0 aliphatic carbocycles. The van der Waals surface area contributed by atoms with Gasteiger partial charge in [-0.15, -0.1) is 0 Å². The molecule has 0 bridgehead atoms. The zero-order chi connectivity index (χ0) is 13.8. The van der Waals surface area contributed by atoms with Crippen LogP contribution in [0.5, 0.6) is 0 Å². The monoisotopic (exact) mass is 260 g/mol. The van der Waals surface area contributed by atoms with Crippen molar-refractivity contribution >= 4 is 0 Å². The van der Waals surface area contributed by atoms with Crippen molar-refractivity contribution in [3.63, 3.8) is 0 Å². The van der Waals surface area contributed by atoms with Crippen LogP contribution in [-0.4, -0.2) is 11.2 Å². The van der Waals surface area contributed by atoms with Gasteiger partial charge in [-0.25, -0.2) is 0 Å². The molecule has 102 valence electrons. The van der Waals surface area contributed by atoms with Crippen LogP contribution in [0, 0.1) is 5.92 Å². The van der Waals surface area contributed by atoms with E-state index < -0.39 is 11.7 Å². The third kappa shape index (κ3) is 4.69. The molecule has 0 saturated carbocycles. The number of benzene rings is 1. The Balaban J connectivity index is 2.53. The minimum atomic E-state index is -4.28. The van der Waals surface area contributed by atoms with E-state index in [1.165, 1.54) is 12.1 Å². The van der Waals surface area contributed by atoms with Gasteiger partial charge in [-0.3, -0.25) is 0 Å². The van der Waals surface area contributed by atoms with Gasteiger partial charge in [0.05, 0.1) is 11.7 Å². The lowest BCUT2D eigenvalue weighted by atomic mass is 9.99. The zero-order valence-corrected chi connectivity index (χ0v) is 10.7. The van der Waals surface area contributed by atoms with Crippen LogP contribution >= 0.6 is 0 Å². The van der Waals surface area contributed by atoms with E-state index in [2.05, 4.69) is 0 Å². The van der Waals surface area contributed by atoms with Gasteiger partial charge in [0, 0.05) is 0 Å². The van der Waals surface area contributed by atoms with Crippen LogP contribution in [0.3, 0.4) is 0 Å². The predicted octanol–water partition coefficient (Wildman–Crippen LogP) is 4.05. The average molecular weight is 260 g/mol. The Morgan fingerprint density at radius 2 is 1.89 bits per heavy atom. The van der Waals surface area contributed by atoms with Gasteiger partial charge in [-0.1, -0.05) is 32.0 Å². The van der Waals surface area contributed by atoms with Gasteiger partial charge in [0.1, 0.15) is 0 Å².